The standard InChI is InChI=1S/C31H41ClN4O3/c1-2-14-35-15-11-27(12-16-35)36-21-26(34-20-25(32)17-23-6-4-3-5-7-23)19-28(36)31(37)33-13-10-24-8-9-29-30(18-24)39-22-38-29/h3-9,17-18,26-28,34H,2,10-16,19-22H2,1H3,(H,33,37)/b25-17-/t26-,28-/m0/s1. The van der Waals surface area contributed by atoms with Crippen LogP contribution in [0.1, 0.15) is 43.7 Å². The molecule has 2 atom stereocenters. The molecular formula is C31H41ClN4O3. The number of piperidine rings is 1. The molecule has 2 aromatic rings. The summed E-state index contributed by atoms with van der Waals surface area (Å²) in [6.45, 7) is 7.95. The molecule has 3 heterocycles. The van der Waals surface area contributed by atoms with Gasteiger partial charge in [-0.25, -0.2) is 0 Å². The molecule has 1 amide bonds. The Kier molecular flexibility index (Phi) is 9.80. The van der Waals surface area contributed by atoms with E-state index in [9.17, 15) is 4.79 Å². The Balaban J connectivity index is 1.18. The molecule has 0 radical (unpaired) electrons. The lowest BCUT2D eigenvalue weighted by Gasteiger charge is -2.39. The molecule has 8 heteroatoms. The summed E-state index contributed by atoms with van der Waals surface area (Å²) in [7, 11) is 0. The smallest absolute Gasteiger partial charge is 0.237 e. The molecule has 7 nitrogen and oxygen atoms in total. The second-order valence-corrected chi connectivity index (χ2v) is 11.3. The van der Waals surface area contributed by atoms with Gasteiger partial charge in [-0.1, -0.05) is 54.9 Å². The normalized spacial score (nSPS) is 22.4. The molecule has 5 rings (SSSR count). The first-order valence-electron chi connectivity index (χ1n) is 14.4. The fourth-order valence-corrected chi connectivity index (χ4v) is 6.23. The molecule has 39 heavy (non-hydrogen) atoms. The lowest BCUT2D eigenvalue weighted by atomic mass is 10.0. The predicted molar refractivity (Wildman–Crippen MR) is 156 cm³/mol. The van der Waals surface area contributed by atoms with E-state index < -0.39 is 0 Å². The van der Waals surface area contributed by atoms with Crippen LogP contribution in [0.3, 0.4) is 0 Å². The van der Waals surface area contributed by atoms with Gasteiger partial charge in [-0.3, -0.25) is 9.69 Å². The first-order valence-corrected chi connectivity index (χ1v) is 14.8. The number of ether oxygens (including phenoxy) is 2. The van der Waals surface area contributed by atoms with Gasteiger partial charge < -0.3 is 25.0 Å². The Morgan fingerprint density at radius 2 is 1.90 bits per heavy atom. The number of hydrogen-bond donors (Lipinski definition) is 2. The highest BCUT2D eigenvalue weighted by Gasteiger charge is 2.40. The molecule has 210 valence electrons. The van der Waals surface area contributed by atoms with Crippen LogP contribution >= 0.6 is 11.6 Å². The molecule has 0 aromatic heterocycles. The Hall–Kier alpha value is -2.58. The molecule has 0 saturated carbocycles. The van der Waals surface area contributed by atoms with Gasteiger partial charge in [0.15, 0.2) is 11.5 Å². The molecule has 3 aliphatic heterocycles. The summed E-state index contributed by atoms with van der Waals surface area (Å²) >= 11 is 6.57. The van der Waals surface area contributed by atoms with Crippen LogP contribution in [0.15, 0.2) is 53.6 Å². The highest BCUT2D eigenvalue weighted by Crippen LogP contribution is 2.32. The van der Waals surface area contributed by atoms with Crippen molar-refractivity contribution in [1.82, 2.24) is 20.4 Å². The quantitative estimate of drug-likeness (QED) is 0.434. The van der Waals surface area contributed by atoms with Crippen LogP contribution in [0.2, 0.25) is 0 Å². The zero-order valence-electron chi connectivity index (χ0n) is 22.9. The largest absolute Gasteiger partial charge is 0.454 e. The Bertz CT molecular complexity index is 1120. The van der Waals surface area contributed by atoms with Crippen molar-refractivity contribution < 1.29 is 14.3 Å². The van der Waals surface area contributed by atoms with E-state index in [-0.39, 0.29) is 24.8 Å². The molecule has 2 saturated heterocycles. The summed E-state index contributed by atoms with van der Waals surface area (Å²) < 4.78 is 10.9. The highest BCUT2D eigenvalue weighted by atomic mass is 35.5. The van der Waals surface area contributed by atoms with Crippen molar-refractivity contribution in [2.24, 2.45) is 0 Å². The number of nitrogens with one attached hydrogen (secondary N) is 2. The van der Waals surface area contributed by atoms with Crippen LogP contribution in [-0.2, 0) is 11.2 Å². The van der Waals surface area contributed by atoms with E-state index >= 15 is 0 Å². The number of benzene rings is 2. The zero-order valence-corrected chi connectivity index (χ0v) is 23.7. The van der Waals surface area contributed by atoms with Gasteiger partial charge in [-0.2, -0.15) is 0 Å². The zero-order chi connectivity index (χ0) is 27.0. The van der Waals surface area contributed by atoms with Crippen molar-refractivity contribution in [3.05, 3.63) is 64.7 Å². The van der Waals surface area contributed by atoms with Crippen LogP contribution in [-0.4, -0.2) is 79.9 Å². The molecule has 0 unspecified atom stereocenters. The number of nitrogens with zero attached hydrogens (tertiary/aromatic N) is 2. The van der Waals surface area contributed by atoms with Crippen molar-refractivity contribution in [3.8, 4) is 11.5 Å². The predicted octanol–water partition coefficient (Wildman–Crippen LogP) is 4.26. The van der Waals surface area contributed by atoms with Crippen LogP contribution in [0.25, 0.3) is 6.08 Å². The molecule has 2 N–H and O–H groups in total. The number of fused-ring (bicyclic) bond motifs is 1. The number of halogens is 1. The molecule has 0 aliphatic carbocycles. The van der Waals surface area contributed by atoms with E-state index in [1.54, 1.807) is 0 Å². The SMILES string of the molecule is CCCN1CCC(N2C[C@@H](NC/C(Cl)=C/c3ccccc3)C[C@H]2C(=O)NCCc2ccc3c(c2)OCO3)CC1. The van der Waals surface area contributed by atoms with E-state index in [0.717, 1.165) is 79.5 Å². The van der Waals surface area contributed by atoms with Crippen LogP contribution in [0.4, 0.5) is 0 Å². The molecular weight excluding hydrogens is 512 g/mol. The summed E-state index contributed by atoms with van der Waals surface area (Å²) in [5, 5.41) is 7.64. The van der Waals surface area contributed by atoms with E-state index in [0.29, 0.717) is 19.1 Å². The van der Waals surface area contributed by atoms with Crippen molar-refractivity contribution in [2.75, 3.05) is 46.1 Å². The van der Waals surface area contributed by atoms with Crippen molar-refractivity contribution in [1.29, 1.82) is 0 Å². The maximum absolute atomic E-state index is 13.5. The second-order valence-electron chi connectivity index (χ2n) is 10.8. The minimum atomic E-state index is -0.126. The average Bonchev–Trinajstić information content (AvgIpc) is 3.60. The lowest BCUT2D eigenvalue weighted by molar-refractivity contribution is -0.126. The Morgan fingerprint density at radius 1 is 1.10 bits per heavy atom. The van der Waals surface area contributed by atoms with E-state index in [2.05, 4.69) is 39.5 Å². The first-order chi connectivity index (χ1) is 19.1. The summed E-state index contributed by atoms with van der Waals surface area (Å²) in [4.78, 5) is 18.5. The monoisotopic (exact) mass is 552 g/mol. The fraction of sp³-hybridized carbons (Fsp3) is 0.516. The van der Waals surface area contributed by atoms with Crippen LogP contribution in [0, 0.1) is 0 Å². The van der Waals surface area contributed by atoms with Gasteiger partial charge in [0, 0.05) is 36.8 Å². The van der Waals surface area contributed by atoms with Crippen molar-refractivity contribution >= 4 is 23.6 Å². The molecule has 0 spiro atoms. The third kappa shape index (κ3) is 7.54. The van der Waals surface area contributed by atoms with Gasteiger partial charge >= 0.3 is 0 Å². The summed E-state index contributed by atoms with van der Waals surface area (Å²) in [5.41, 5.74) is 2.22. The molecule has 0 bridgehead atoms. The maximum Gasteiger partial charge on any atom is 0.237 e. The topological polar surface area (TPSA) is 66.1 Å². The minimum absolute atomic E-state index is 0.126. The maximum atomic E-state index is 13.5. The number of amides is 1. The number of rotatable bonds is 11. The Morgan fingerprint density at radius 3 is 2.69 bits per heavy atom. The van der Waals surface area contributed by atoms with Gasteiger partial charge in [0.1, 0.15) is 0 Å². The average molecular weight is 553 g/mol. The summed E-state index contributed by atoms with van der Waals surface area (Å²) in [6.07, 6.45) is 6.97. The van der Waals surface area contributed by atoms with Crippen LogP contribution in [0.5, 0.6) is 11.5 Å². The number of carbonyl (C=O) groups excluding carboxylic acids is 1. The van der Waals surface area contributed by atoms with Gasteiger partial charge in [0.25, 0.3) is 0 Å². The fourth-order valence-electron chi connectivity index (χ4n) is 6.03. The van der Waals surface area contributed by atoms with Crippen molar-refractivity contribution in [2.45, 2.75) is 57.2 Å². The number of likely N-dealkylation sites (tertiary alicyclic amines) is 2. The van der Waals surface area contributed by atoms with E-state index in [1.807, 2.05) is 42.5 Å². The summed E-state index contributed by atoms with van der Waals surface area (Å²) in [5.74, 6) is 1.69. The summed E-state index contributed by atoms with van der Waals surface area (Å²) in [6, 6.07) is 16.7. The van der Waals surface area contributed by atoms with E-state index in [1.165, 1.54) is 6.42 Å². The van der Waals surface area contributed by atoms with Gasteiger partial charge in [-0.05, 0) is 81.1 Å². The second kappa shape index (κ2) is 13.7. The lowest BCUT2D eigenvalue weighted by Crippen LogP contribution is -2.51. The highest BCUT2D eigenvalue weighted by molar-refractivity contribution is 6.31. The van der Waals surface area contributed by atoms with Gasteiger partial charge in [-0.15, -0.1) is 0 Å². The number of hydrogen-bond acceptors (Lipinski definition) is 6. The third-order valence-electron chi connectivity index (χ3n) is 8.04. The van der Waals surface area contributed by atoms with Gasteiger partial charge in [0.2, 0.25) is 12.7 Å². The van der Waals surface area contributed by atoms with E-state index in [4.69, 9.17) is 21.1 Å². The van der Waals surface area contributed by atoms with Crippen LogP contribution < -0.4 is 20.1 Å². The van der Waals surface area contributed by atoms with Gasteiger partial charge in [0.05, 0.1) is 6.04 Å². The third-order valence-corrected chi connectivity index (χ3v) is 8.28. The molecule has 3 aliphatic rings. The minimum Gasteiger partial charge on any atom is -0.454 e. The molecule has 2 aromatic carbocycles. The Labute approximate surface area is 237 Å². The number of carbonyl (C=O) groups is 1. The molecule has 2 fully saturated rings. The first kappa shape index (κ1) is 28.0. The van der Waals surface area contributed by atoms with Crippen molar-refractivity contribution in [3.63, 3.8) is 0 Å².